The quantitative estimate of drug-likeness (QED) is 0.909. The first kappa shape index (κ1) is 11.3. The number of methoxy groups -OCH3 is 1. The molecule has 0 saturated heterocycles. The van der Waals surface area contributed by atoms with Crippen molar-refractivity contribution in [2.75, 3.05) is 12.4 Å². The van der Waals surface area contributed by atoms with Gasteiger partial charge < -0.3 is 14.8 Å². The van der Waals surface area contributed by atoms with Crippen LogP contribution in [0.15, 0.2) is 16.6 Å². The van der Waals surface area contributed by atoms with E-state index in [2.05, 4.69) is 21.2 Å². The predicted octanol–water partition coefficient (Wildman–Crippen LogP) is 2.57. The molecule has 1 aromatic carbocycles. The van der Waals surface area contributed by atoms with Gasteiger partial charge >= 0.3 is 0 Å². The number of carbonyl (C=O) groups is 1. The molecule has 86 valence electrons. The Hall–Kier alpha value is -1.23. The van der Waals surface area contributed by atoms with Crippen LogP contribution in [0.2, 0.25) is 0 Å². The summed E-state index contributed by atoms with van der Waals surface area (Å²) in [5.41, 5.74) is 0.648. The maximum Gasteiger partial charge on any atom is 0.265 e. The van der Waals surface area contributed by atoms with Gasteiger partial charge in [-0.1, -0.05) is 6.92 Å². The Kier molecular flexibility index (Phi) is 3.05. The third-order valence-electron chi connectivity index (χ3n) is 2.44. The summed E-state index contributed by atoms with van der Waals surface area (Å²) >= 11 is 3.37. The number of rotatable bonds is 2. The molecule has 0 spiro atoms. The van der Waals surface area contributed by atoms with Crippen LogP contribution >= 0.6 is 15.9 Å². The van der Waals surface area contributed by atoms with Crippen molar-refractivity contribution in [2.45, 2.75) is 19.4 Å². The second-order valence-corrected chi connectivity index (χ2v) is 4.34. The minimum Gasteiger partial charge on any atom is -0.495 e. The maximum atomic E-state index is 11.6. The number of hydrogen-bond acceptors (Lipinski definition) is 3. The number of nitrogens with one attached hydrogen (secondary N) is 1. The zero-order chi connectivity index (χ0) is 11.7. The molecule has 1 N–H and O–H groups in total. The normalized spacial score (nSPS) is 18.4. The van der Waals surface area contributed by atoms with E-state index in [0.29, 0.717) is 23.6 Å². The van der Waals surface area contributed by atoms with Gasteiger partial charge in [0, 0.05) is 12.1 Å². The van der Waals surface area contributed by atoms with Gasteiger partial charge in [0.15, 0.2) is 6.10 Å². The van der Waals surface area contributed by atoms with Crippen molar-refractivity contribution in [3.8, 4) is 11.5 Å². The van der Waals surface area contributed by atoms with Crippen molar-refractivity contribution >= 4 is 27.5 Å². The molecule has 0 saturated carbocycles. The SMILES string of the molecule is CCC1Oc2cc(Br)c(OC)cc2NC1=O. The van der Waals surface area contributed by atoms with Gasteiger partial charge in [-0.15, -0.1) is 0 Å². The van der Waals surface area contributed by atoms with E-state index >= 15 is 0 Å². The van der Waals surface area contributed by atoms with Gasteiger partial charge in [-0.2, -0.15) is 0 Å². The van der Waals surface area contributed by atoms with Crippen molar-refractivity contribution in [3.63, 3.8) is 0 Å². The fourth-order valence-electron chi connectivity index (χ4n) is 1.58. The van der Waals surface area contributed by atoms with Crippen molar-refractivity contribution in [1.82, 2.24) is 0 Å². The molecule has 1 heterocycles. The van der Waals surface area contributed by atoms with Crippen LogP contribution in [0.1, 0.15) is 13.3 Å². The molecule has 0 fully saturated rings. The van der Waals surface area contributed by atoms with Crippen LogP contribution in [0, 0.1) is 0 Å². The smallest absolute Gasteiger partial charge is 0.265 e. The van der Waals surface area contributed by atoms with Crippen LogP contribution in [0.5, 0.6) is 11.5 Å². The van der Waals surface area contributed by atoms with Crippen molar-refractivity contribution in [1.29, 1.82) is 0 Å². The highest BCUT2D eigenvalue weighted by atomic mass is 79.9. The van der Waals surface area contributed by atoms with Crippen LogP contribution in [0.3, 0.4) is 0 Å². The summed E-state index contributed by atoms with van der Waals surface area (Å²) in [4.78, 5) is 11.6. The average molecular weight is 286 g/mol. The Morgan fingerprint density at radius 1 is 1.56 bits per heavy atom. The van der Waals surface area contributed by atoms with Gasteiger partial charge in [-0.05, 0) is 22.4 Å². The molecule has 4 nitrogen and oxygen atoms in total. The van der Waals surface area contributed by atoms with Gasteiger partial charge in [-0.3, -0.25) is 4.79 Å². The molecule has 1 aliphatic heterocycles. The van der Waals surface area contributed by atoms with E-state index in [1.54, 1.807) is 19.2 Å². The van der Waals surface area contributed by atoms with Gasteiger partial charge in [0.2, 0.25) is 0 Å². The Labute approximate surface area is 102 Å². The highest BCUT2D eigenvalue weighted by Gasteiger charge is 2.26. The summed E-state index contributed by atoms with van der Waals surface area (Å²) in [6.45, 7) is 1.91. The molecule has 16 heavy (non-hydrogen) atoms. The summed E-state index contributed by atoms with van der Waals surface area (Å²) in [6, 6.07) is 3.54. The van der Waals surface area contributed by atoms with Gasteiger partial charge in [0.25, 0.3) is 5.91 Å². The molecule has 1 amide bonds. The number of benzene rings is 1. The van der Waals surface area contributed by atoms with E-state index < -0.39 is 6.10 Å². The van der Waals surface area contributed by atoms with Crippen LogP contribution in [0.4, 0.5) is 5.69 Å². The van der Waals surface area contributed by atoms with E-state index in [-0.39, 0.29) is 5.91 Å². The largest absolute Gasteiger partial charge is 0.495 e. The summed E-state index contributed by atoms with van der Waals surface area (Å²) in [6.07, 6.45) is 0.238. The minimum atomic E-state index is -0.409. The van der Waals surface area contributed by atoms with Crippen LogP contribution in [0.25, 0.3) is 0 Å². The van der Waals surface area contributed by atoms with E-state index in [1.807, 2.05) is 6.92 Å². The Bertz CT molecular complexity index is 433. The molecule has 0 radical (unpaired) electrons. The molecule has 1 aliphatic rings. The zero-order valence-corrected chi connectivity index (χ0v) is 10.6. The summed E-state index contributed by atoms with van der Waals surface area (Å²) in [5.74, 6) is 1.22. The lowest BCUT2D eigenvalue weighted by atomic mass is 10.2. The lowest BCUT2D eigenvalue weighted by Crippen LogP contribution is -2.36. The summed E-state index contributed by atoms with van der Waals surface area (Å²) in [7, 11) is 1.58. The lowest BCUT2D eigenvalue weighted by molar-refractivity contribution is -0.123. The summed E-state index contributed by atoms with van der Waals surface area (Å²) in [5, 5.41) is 2.80. The number of carbonyl (C=O) groups excluding carboxylic acids is 1. The molecular weight excluding hydrogens is 274 g/mol. The van der Waals surface area contributed by atoms with Gasteiger partial charge in [-0.25, -0.2) is 0 Å². The average Bonchev–Trinajstić information content (AvgIpc) is 2.28. The Morgan fingerprint density at radius 3 is 2.94 bits per heavy atom. The van der Waals surface area contributed by atoms with Crippen LogP contribution in [-0.4, -0.2) is 19.1 Å². The molecule has 0 aliphatic carbocycles. The first-order valence-corrected chi connectivity index (χ1v) is 5.80. The number of ether oxygens (including phenoxy) is 2. The number of hydrogen-bond donors (Lipinski definition) is 1. The van der Waals surface area contributed by atoms with Crippen molar-refractivity contribution in [3.05, 3.63) is 16.6 Å². The number of halogens is 1. The van der Waals surface area contributed by atoms with Crippen molar-refractivity contribution in [2.24, 2.45) is 0 Å². The zero-order valence-electron chi connectivity index (χ0n) is 9.04. The molecular formula is C11H12BrNO3. The fourth-order valence-corrected chi connectivity index (χ4v) is 2.06. The van der Waals surface area contributed by atoms with Crippen LogP contribution in [-0.2, 0) is 4.79 Å². The highest BCUT2D eigenvalue weighted by Crippen LogP contribution is 2.38. The monoisotopic (exact) mass is 285 g/mol. The lowest BCUT2D eigenvalue weighted by Gasteiger charge is -2.25. The molecule has 1 aromatic rings. The second kappa shape index (κ2) is 4.33. The standard InChI is InChI=1S/C11H12BrNO3/c1-3-8-11(14)13-7-5-9(15-2)6(12)4-10(7)16-8/h4-5,8H,3H2,1-2H3,(H,13,14). The molecule has 0 aromatic heterocycles. The Balaban J connectivity index is 2.40. The first-order valence-electron chi connectivity index (χ1n) is 5.00. The molecule has 5 heteroatoms. The number of amides is 1. The molecule has 2 rings (SSSR count). The maximum absolute atomic E-state index is 11.6. The van der Waals surface area contributed by atoms with Gasteiger partial charge in [0.05, 0.1) is 17.3 Å². The van der Waals surface area contributed by atoms with E-state index in [4.69, 9.17) is 9.47 Å². The fraction of sp³-hybridized carbons (Fsp3) is 0.364. The molecule has 1 unspecified atom stereocenters. The van der Waals surface area contributed by atoms with Gasteiger partial charge in [0.1, 0.15) is 11.5 Å². The third kappa shape index (κ3) is 1.87. The van der Waals surface area contributed by atoms with E-state index in [9.17, 15) is 4.79 Å². The first-order chi connectivity index (χ1) is 7.65. The summed E-state index contributed by atoms with van der Waals surface area (Å²) < 4.78 is 11.5. The number of anilines is 1. The Morgan fingerprint density at radius 2 is 2.31 bits per heavy atom. The minimum absolute atomic E-state index is 0.112. The van der Waals surface area contributed by atoms with E-state index in [1.165, 1.54) is 0 Å². The highest BCUT2D eigenvalue weighted by molar-refractivity contribution is 9.10. The predicted molar refractivity (Wildman–Crippen MR) is 64.0 cm³/mol. The number of fused-ring (bicyclic) bond motifs is 1. The van der Waals surface area contributed by atoms with Crippen molar-refractivity contribution < 1.29 is 14.3 Å². The topological polar surface area (TPSA) is 47.6 Å². The van der Waals surface area contributed by atoms with E-state index in [0.717, 1.165) is 4.47 Å². The molecule has 1 atom stereocenters. The molecule has 0 bridgehead atoms. The van der Waals surface area contributed by atoms with Crippen LogP contribution < -0.4 is 14.8 Å². The third-order valence-corrected chi connectivity index (χ3v) is 3.06. The second-order valence-electron chi connectivity index (χ2n) is 3.49.